The summed E-state index contributed by atoms with van der Waals surface area (Å²) in [6.07, 6.45) is 3.79. The summed E-state index contributed by atoms with van der Waals surface area (Å²) in [4.78, 5) is 12.3. The SMILES string of the molecule is CC1(C)c2ccccc2N(c2ccc3c4ccccc4n(-c4ccccn4)c3c2)c2cc3c(cc21)C(C)(C)c1cccc2c4cccnc4n-3c12. The minimum absolute atomic E-state index is 0.214. The Balaban J connectivity index is 1.24. The molecule has 0 aliphatic carbocycles. The molecule has 5 nitrogen and oxygen atoms in total. The number of rotatable bonds is 2. The molecule has 0 saturated carbocycles. The van der Waals surface area contributed by atoms with E-state index in [0.717, 1.165) is 28.2 Å². The van der Waals surface area contributed by atoms with Crippen LogP contribution < -0.4 is 4.90 Å². The Morgan fingerprint density at radius 2 is 1.16 bits per heavy atom. The Hall–Kier alpha value is -6.20. The van der Waals surface area contributed by atoms with Crippen LogP contribution in [0.2, 0.25) is 0 Å². The fraction of sp³-hybridized carbons (Fsp3) is 0.130. The molecular formula is C46H35N5. The number of pyridine rings is 2. The van der Waals surface area contributed by atoms with Crippen LogP contribution in [0.3, 0.4) is 0 Å². The van der Waals surface area contributed by atoms with Gasteiger partial charge < -0.3 is 4.90 Å². The van der Waals surface area contributed by atoms with E-state index in [1.807, 2.05) is 18.5 Å². The minimum Gasteiger partial charge on any atom is -0.310 e. The normalized spacial score (nSPS) is 15.3. The molecule has 5 aromatic carbocycles. The number of nitrogens with zero attached hydrogens (tertiary/aromatic N) is 5. The van der Waals surface area contributed by atoms with Gasteiger partial charge in [-0.05, 0) is 82.9 Å². The van der Waals surface area contributed by atoms with E-state index in [2.05, 4.69) is 163 Å². The van der Waals surface area contributed by atoms with Crippen molar-refractivity contribution in [2.24, 2.45) is 0 Å². The molecule has 0 amide bonds. The molecule has 2 aliphatic heterocycles. The predicted molar refractivity (Wildman–Crippen MR) is 210 cm³/mol. The fourth-order valence-corrected chi connectivity index (χ4v) is 9.31. The minimum atomic E-state index is -0.232. The van der Waals surface area contributed by atoms with Crippen molar-refractivity contribution in [2.75, 3.05) is 4.90 Å². The highest BCUT2D eigenvalue weighted by Crippen LogP contribution is 2.56. The second kappa shape index (κ2) is 9.73. The molecule has 51 heavy (non-hydrogen) atoms. The van der Waals surface area contributed by atoms with E-state index in [4.69, 9.17) is 9.97 Å². The molecule has 2 aliphatic rings. The van der Waals surface area contributed by atoms with Gasteiger partial charge in [0.15, 0.2) is 0 Å². The molecular weight excluding hydrogens is 623 g/mol. The summed E-state index contributed by atoms with van der Waals surface area (Å²) in [7, 11) is 0. The highest BCUT2D eigenvalue weighted by Gasteiger charge is 2.42. The maximum absolute atomic E-state index is 5.00. The molecule has 9 aromatic rings. The number of hydrogen-bond donors (Lipinski definition) is 0. The molecule has 244 valence electrons. The van der Waals surface area contributed by atoms with Crippen LogP contribution in [-0.4, -0.2) is 19.1 Å². The summed E-state index contributed by atoms with van der Waals surface area (Å²) in [5.74, 6) is 0.910. The lowest BCUT2D eigenvalue weighted by atomic mass is 9.69. The number of fused-ring (bicyclic) bond motifs is 10. The van der Waals surface area contributed by atoms with Crippen molar-refractivity contribution in [3.05, 3.63) is 162 Å². The summed E-state index contributed by atoms with van der Waals surface area (Å²) in [6.45, 7) is 9.53. The molecule has 0 fully saturated rings. The highest BCUT2D eigenvalue weighted by molar-refractivity contribution is 6.12. The summed E-state index contributed by atoms with van der Waals surface area (Å²) in [5.41, 5.74) is 14.1. The largest absolute Gasteiger partial charge is 0.310 e. The van der Waals surface area contributed by atoms with Crippen LogP contribution in [0.1, 0.15) is 49.9 Å². The Bertz CT molecular complexity index is 2930. The third-order valence-electron chi connectivity index (χ3n) is 11.8. The van der Waals surface area contributed by atoms with Crippen LogP contribution in [0.4, 0.5) is 17.1 Å². The van der Waals surface area contributed by atoms with Gasteiger partial charge in [0.05, 0.1) is 33.6 Å². The van der Waals surface area contributed by atoms with E-state index < -0.39 is 0 Å². The third-order valence-corrected chi connectivity index (χ3v) is 11.8. The average Bonchev–Trinajstić information content (AvgIpc) is 3.67. The number of benzene rings is 5. The number of aromatic nitrogens is 4. The first-order valence-corrected chi connectivity index (χ1v) is 17.8. The Morgan fingerprint density at radius 1 is 0.451 bits per heavy atom. The third kappa shape index (κ3) is 3.60. The second-order valence-electron chi connectivity index (χ2n) is 15.1. The lowest BCUT2D eigenvalue weighted by Gasteiger charge is -2.44. The topological polar surface area (TPSA) is 38.9 Å². The van der Waals surface area contributed by atoms with Crippen LogP contribution in [0.15, 0.2) is 140 Å². The monoisotopic (exact) mass is 657 g/mol. The quantitative estimate of drug-likeness (QED) is 0.186. The van der Waals surface area contributed by atoms with Crippen molar-refractivity contribution >= 4 is 60.8 Å². The molecule has 0 unspecified atom stereocenters. The fourth-order valence-electron chi connectivity index (χ4n) is 9.31. The van der Waals surface area contributed by atoms with Crippen LogP contribution in [-0.2, 0) is 10.8 Å². The zero-order chi connectivity index (χ0) is 34.2. The van der Waals surface area contributed by atoms with Crippen LogP contribution in [0.5, 0.6) is 0 Å². The van der Waals surface area contributed by atoms with Gasteiger partial charge in [0, 0.05) is 50.5 Å². The van der Waals surface area contributed by atoms with Crippen LogP contribution in [0.25, 0.3) is 55.2 Å². The molecule has 0 radical (unpaired) electrons. The average molecular weight is 658 g/mol. The van der Waals surface area contributed by atoms with Crippen molar-refractivity contribution in [1.29, 1.82) is 0 Å². The van der Waals surface area contributed by atoms with E-state index >= 15 is 0 Å². The molecule has 0 spiro atoms. The second-order valence-corrected chi connectivity index (χ2v) is 15.1. The van der Waals surface area contributed by atoms with Gasteiger partial charge in [-0.2, -0.15) is 0 Å². The summed E-state index contributed by atoms with van der Waals surface area (Å²) in [5, 5.41) is 4.87. The van der Waals surface area contributed by atoms with E-state index in [0.29, 0.717) is 0 Å². The Kier molecular flexibility index (Phi) is 5.46. The highest BCUT2D eigenvalue weighted by atomic mass is 15.2. The molecule has 5 heteroatoms. The standard InChI is InChI=1S/C46H35N5/c1-45(2)33-16-6-8-19-38(33)49(28-21-22-30-29-13-5-7-18-37(29)50(39(30)25-28)42-20-9-10-23-47-42)40-27-41-36(26-35(40)45)46(3,4)34-17-11-14-31-32-15-12-24-48-44(32)51(41)43(31)34/h5-27H,1-4H3. The lowest BCUT2D eigenvalue weighted by Crippen LogP contribution is -2.33. The van der Waals surface area contributed by atoms with Crippen LogP contribution in [0, 0.1) is 0 Å². The van der Waals surface area contributed by atoms with E-state index in [-0.39, 0.29) is 10.8 Å². The zero-order valence-corrected chi connectivity index (χ0v) is 29.0. The molecule has 4 aromatic heterocycles. The first kappa shape index (κ1) is 28.6. The smallest absolute Gasteiger partial charge is 0.145 e. The van der Waals surface area contributed by atoms with Crippen molar-refractivity contribution < 1.29 is 0 Å². The number of anilines is 3. The van der Waals surface area contributed by atoms with Crippen molar-refractivity contribution in [3.8, 4) is 11.5 Å². The molecule has 0 atom stereocenters. The van der Waals surface area contributed by atoms with Crippen molar-refractivity contribution in [1.82, 2.24) is 19.1 Å². The predicted octanol–water partition coefficient (Wildman–Crippen LogP) is 11.4. The summed E-state index contributed by atoms with van der Waals surface area (Å²) in [6, 6.07) is 46.6. The van der Waals surface area contributed by atoms with E-state index in [9.17, 15) is 0 Å². The van der Waals surface area contributed by atoms with Crippen molar-refractivity contribution in [2.45, 2.75) is 38.5 Å². The lowest BCUT2D eigenvalue weighted by molar-refractivity contribution is 0.606. The van der Waals surface area contributed by atoms with E-state index in [1.54, 1.807) is 0 Å². The maximum atomic E-state index is 5.00. The van der Waals surface area contributed by atoms with Gasteiger partial charge >= 0.3 is 0 Å². The van der Waals surface area contributed by atoms with E-state index in [1.165, 1.54) is 66.4 Å². The molecule has 0 N–H and O–H groups in total. The van der Waals surface area contributed by atoms with Gasteiger partial charge in [-0.25, -0.2) is 9.97 Å². The van der Waals surface area contributed by atoms with Crippen LogP contribution >= 0.6 is 0 Å². The zero-order valence-electron chi connectivity index (χ0n) is 29.0. The van der Waals surface area contributed by atoms with Gasteiger partial charge in [-0.3, -0.25) is 9.13 Å². The van der Waals surface area contributed by atoms with Gasteiger partial charge in [-0.15, -0.1) is 0 Å². The van der Waals surface area contributed by atoms with Gasteiger partial charge in [0.25, 0.3) is 0 Å². The van der Waals surface area contributed by atoms with Gasteiger partial charge in [-0.1, -0.05) is 94.4 Å². The summed E-state index contributed by atoms with van der Waals surface area (Å²) < 4.78 is 4.73. The molecule has 0 saturated heterocycles. The first-order chi connectivity index (χ1) is 24.8. The number of hydrogen-bond acceptors (Lipinski definition) is 3. The van der Waals surface area contributed by atoms with Gasteiger partial charge in [0.1, 0.15) is 11.5 Å². The van der Waals surface area contributed by atoms with Gasteiger partial charge in [0.2, 0.25) is 0 Å². The molecule has 0 bridgehead atoms. The maximum Gasteiger partial charge on any atom is 0.145 e. The first-order valence-electron chi connectivity index (χ1n) is 17.8. The molecule has 6 heterocycles. The molecule has 11 rings (SSSR count). The Labute approximate surface area is 296 Å². The summed E-state index contributed by atoms with van der Waals surface area (Å²) >= 11 is 0. The number of para-hydroxylation sites is 3. The Morgan fingerprint density at radius 3 is 2.04 bits per heavy atom. The van der Waals surface area contributed by atoms with Crippen molar-refractivity contribution in [3.63, 3.8) is 0 Å².